The van der Waals surface area contributed by atoms with Crippen molar-refractivity contribution in [2.24, 2.45) is 0 Å². The van der Waals surface area contributed by atoms with E-state index in [1.165, 1.54) is 6.20 Å². The van der Waals surface area contributed by atoms with Crippen molar-refractivity contribution in [3.05, 3.63) is 60.3 Å². The number of benzene rings is 2. The number of rotatable bonds is 9. The van der Waals surface area contributed by atoms with Crippen LogP contribution in [0.5, 0.6) is 5.75 Å². The maximum atomic E-state index is 12.3. The average Bonchev–Trinajstić information content (AvgIpc) is 2.72. The second-order valence-electron chi connectivity index (χ2n) is 5.94. The lowest BCUT2D eigenvalue weighted by atomic mass is 10.2. The molecule has 2 aromatic rings. The van der Waals surface area contributed by atoms with Crippen molar-refractivity contribution in [3.8, 4) is 11.8 Å². The highest BCUT2D eigenvalue weighted by molar-refractivity contribution is 6.06. The highest BCUT2D eigenvalue weighted by Crippen LogP contribution is 2.19. The zero-order chi connectivity index (χ0) is 20.4. The van der Waals surface area contributed by atoms with E-state index in [9.17, 15) is 10.1 Å². The van der Waals surface area contributed by atoms with E-state index in [1.807, 2.05) is 37.3 Å². The number of carbonyl (C=O) groups is 1. The molecule has 0 radical (unpaired) electrons. The standard InChI is InChI=1S/C22H26N4O2/c1-4-26(5-2)20-11-7-18(8-12-20)24-16-17(15-23)22(27)25-19-9-13-21(14-10-19)28-6-3/h7-14,16,24H,4-6H2,1-3H3,(H,25,27)/b17-16-. The Labute approximate surface area is 166 Å². The van der Waals surface area contributed by atoms with Gasteiger partial charge in [0.1, 0.15) is 17.4 Å². The van der Waals surface area contributed by atoms with Gasteiger partial charge in [0.2, 0.25) is 0 Å². The molecule has 0 fully saturated rings. The number of hydrogen-bond donors (Lipinski definition) is 2. The Morgan fingerprint density at radius 3 is 2.18 bits per heavy atom. The van der Waals surface area contributed by atoms with Crippen LogP contribution in [0.3, 0.4) is 0 Å². The van der Waals surface area contributed by atoms with Crippen molar-refractivity contribution < 1.29 is 9.53 Å². The first kappa shape index (κ1) is 20.8. The van der Waals surface area contributed by atoms with Crippen LogP contribution in [0.15, 0.2) is 60.3 Å². The minimum absolute atomic E-state index is 0.0123. The number of hydrogen-bond acceptors (Lipinski definition) is 5. The summed E-state index contributed by atoms with van der Waals surface area (Å²) in [6.45, 7) is 8.58. The summed E-state index contributed by atoms with van der Waals surface area (Å²) in [5, 5.41) is 15.0. The Morgan fingerprint density at radius 2 is 1.64 bits per heavy atom. The van der Waals surface area contributed by atoms with E-state index >= 15 is 0 Å². The first-order valence-electron chi connectivity index (χ1n) is 9.37. The lowest BCUT2D eigenvalue weighted by Crippen LogP contribution is -2.21. The van der Waals surface area contributed by atoms with Crippen LogP contribution < -0.4 is 20.3 Å². The molecule has 6 nitrogen and oxygen atoms in total. The maximum Gasteiger partial charge on any atom is 0.267 e. The van der Waals surface area contributed by atoms with Crippen molar-refractivity contribution >= 4 is 23.0 Å². The van der Waals surface area contributed by atoms with E-state index < -0.39 is 5.91 Å². The third kappa shape index (κ3) is 5.78. The quantitative estimate of drug-likeness (QED) is 0.500. The minimum atomic E-state index is -0.473. The van der Waals surface area contributed by atoms with Crippen LogP contribution in [-0.2, 0) is 4.79 Å². The number of nitriles is 1. The summed E-state index contributed by atoms with van der Waals surface area (Å²) in [5.41, 5.74) is 2.52. The molecule has 0 spiro atoms. The minimum Gasteiger partial charge on any atom is -0.494 e. The van der Waals surface area contributed by atoms with Crippen LogP contribution in [0, 0.1) is 11.3 Å². The van der Waals surface area contributed by atoms with E-state index in [1.54, 1.807) is 24.3 Å². The van der Waals surface area contributed by atoms with E-state index in [0.29, 0.717) is 12.3 Å². The predicted octanol–water partition coefficient (Wildman–Crippen LogP) is 4.39. The Kier molecular flexibility index (Phi) is 7.92. The van der Waals surface area contributed by atoms with Crippen molar-refractivity contribution in [1.82, 2.24) is 0 Å². The highest BCUT2D eigenvalue weighted by atomic mass is 16.5. The molecule has 0 aliphatic carbocycles. The van der Waals surface area contributed by atoms with Crippen LogP contribution in [-0.4, -0.2) is 25.6 Å². The summed E-state index contributed by atoms with van der Waals surface area (Å²) in [6.07, 6.45) is 1.41. The van der Waals surface area contributed by atoms with Gasteiger partial charge in [0.15, 0.2) is 0 Å². The summed E-state index contributed by atoms with van der Waals surface area (Å²) in [6, 6.07) is 16.8. The zero-order valence-corrected chi connectivity index (χ0v) is 16.5. The van der Waals surface area contributed by atoms with E-state index in [4.69, 9.17) is 4.74 Å². The molecule has 0 aromatic heterocycles. The Bertz CT molecular complexity index is 832. The highest BCUT2D eigenvalue weighted by Gasteiger charge is 2.09. The van der Waals surface area contributed by atoms with Crippen LogP contribution >= 0.6 is 0 Å². The topological polar surface area (TPSA) is 77.4 Å². The smallest absolute Gasteiger partial charge is 0.267 e. The maximum absolute atomic E-state index is 12.3. The Balaban J connectivity index is 2.00. The lowest BCUT2D eigenvalue weighted by molar-refractivity contribution is -0.112. The lowest BCUT2D eigenvalue weighted by Gasteiger charge is -2.21. The molecule has 1 amide bonds. The fraction of sp³-hybridized carbons (Fsp3) is 0.273. The monoisotopic (exact) mass is 378 g/mol. The van der Waals surface area contributed by atoms with Crippen LogP contribution in [0.25, 0.3) is 0 Å². The molecular formula is C22H26N4O2. The summed E-state index contributed by atoms with van der Waals surface area (Å²) >= 11 is 0. The first-order valence-corrected chi connectivity index (χ1v) is 9.37. The van der Waals surface area contributed by atoms with Gasteiger partial charge in [-0.2, -0.15) is 5.26 Å². The number of nitrogens with zero attached hydrogens (tertiary/aromatic N) is 2. The molecule has 2 N–H and O–H groups in total. The number of anilines is 3. The van der Waals surface area contributed by atoms with E-state index in [0.717, 1.165) is 30.2 Å². The molecule has 0 aliphatic heterocycles. The van der Waals surface area contributed by atoms with Crippen LogP contribution in [0.2, 0.25) is 0 Å². The average molecular weight is 378 g/mol. The van der Waals surface area contributed by atoms with Gasteiger partial charge in [-0.15, -0.1) is 0 Å². The third-order valence-corrected chi connectivity index (χ3v) is 4.17. The molecule has 0 unspecified atom stereocenters. The van der Waals surface area contributed by atoms with Gasteiger partial charge in [0.25, 0.3) is 5.91 Å². The SMILES string of the molecule is CCOc1ccc(NC(=O)/C(C#N)=C\Nc2ccc(N(CC)CC)cc2)cc1. The summed E-state index contributed by atoms with van der Waals surface area (Å²) in [5.74, 6) is 0.255. The number of ether oxygens (including phenoxy) is 1. The molecule has 146 valence electrons. The van der Waals surface area contributed by atoms with Crippen molar-refractivity contribution in [1.29, 1.82) is 5.26 Å². The number of nitrogens with one attached hydrogen (secondary N) is 2. The molecule has 0 bridgehead atoms. The summed E-state index contributed by atoms with van der Waals surface area (Å²) in [7, 11) is 0. The fourth-order valence-corrected chi connectivity index (χ4v) is 2.66. The van der Waals surface area contributed by atoms with Gasteiger partial charge in [-0.25, -0.2) is 0 Å². The molecular weight excluding hydrogens is 352 g/mol. The molecule has 0 aliphatic rings. The van der Waals surface area contributed by atoms with Gasteiger partial charge in [-0.3, -0.25) is 4.79 Å². The molecule has 0 heterocycles. The van der Waals surface area contributed by atoms with Gasteiger partial charge in [-0.1, -0.05) is 0 Å². The molecule has 6 heteroatoms. The van der Waals surface area contributed by atoms with Gasteiger partial charge in [0, 0.05) is 36.4 Å². The zero-order valence-electron chi connectivity index (χ0n) is 16.5. The molecule has 0 atom stereocenters. The fourth-order valence-electron chi connectivity index (χ4n) is 2.66. The molecule has 2 rings (SSSR count). The Hall–Kier alpha value is -3.46. The molecule has 0 saturated heterocycles. The second-order valence-corrected chi connectivity index (χ2v) is 5.94. The predicted molar refractivity (Wildman–Crippen MR) is 114 cm³/mol. The molecule has 0 saturated carbocycles. The van der Waals surface area contributed by atoms with Crippen LogP contribution in [0.1, 0.15) is 20.8 Å². The van der Waals surface area contributed by atoms with Crippen molar-refractivity contribution in [2.45, 2.75) is 20.8 Å². The molecule has 28 heavy (non-hydrogen) atoms. The number of carbonyl (C=O) groups excluding carboxylic acids is 1. The van der Waals surface area contributed by atoms with Crippen molar-refractivity contribution in [3.63, 3.8) is 0 Å². The molecule has 2 aromatic carbocycles. The van der Waals surface area contributed by atoms with E-state index in [2.05, 4.69) is 29.4 Å². The summed E-state index contributed by atoms with van der Waals surface area (Å²) < 4.78 is 5.37. The van der Waals surface area contributed by atoms with Gasteiger partial charge in [-0.05, 0) is 69.3 Å². The van der Waals surface area contributed by atoms with Crippen LogP contribution in [0.4, 0.5) is 17.1 Å². The van der Waals surface area contributed by atoms with Gasteiger partial charge >= 0.3 is 0 Å². The van der Waals surface area contributed by atoms with Gasteiger partial charge < -0.3 is 20.3 Å². The number of amides is 1. The largest absolute Gasteiger partial charge is 0.494 e. The van der Waals surface area contributed by atoms with Gasteiger partial charge in [0.05, 0.1) is 6.61 Å². The normalized spacial score (nSPS) is 10.7. The van der Waals surface area contributed by atoms with E-state index in [-0.39, 0.29) is 5.57 Å². The summed E-state index contributed by atoms with van der Waals surface area (Å²) in [4.78, 5) is 14.6. The Morgan fingerprint density at radius 1 is 1.04 bits per heavy atom. The second kappa shape index (κ2) is 10.6. The first-order chi connectivity index (χ1) is 13.6. The van der Waals surface area contributed by atoms with Crippen molar-refractivity contribution in [2.75, 3.05) is 35.2 Å². The third-order valence-electron chi connectivity index (χ3n) is 4.17.